The van der Waals surface area contributed by atoms with E-state index in [1.165, 1.54) is 0 Å². The number of alkyl halides is 2. The minimum absolute atomic E-state index is 0.132. The van der Waals surface area contributed by atoms with Crippen molar-refractivity contribution in [2.75, 3.05) is 13.7 Å². The molecule has 0 aromatic carbocycles. The van der Waals surface area contributed by atoms with Crippen molar-refractivity contribution < 1.29 is 23.0 Å². The second kappa shape index (κ2) is 4.86. The van der Waals surface area contributed by atoms with E-state index in [0.29, 0.717) is 0 Å². The number of nitrogens with one attached hydrogen (secondary N) is 1. The van der Waals surface area contributed by atoms with Gasteiger partial charge in [-0.25, -0.2) is 4.79 Å². The number of carbonyl (C=O) groups excluding carboxylic acids is 1. The lowest BCUT2D eigenvalue weighted by Crippen LogP contribution is -2.41. The molecule has 1 saturated heterocycles. The SMILES string of the molecule is COC1CCCC1NCC1CC(F)(F)C(=O)O1. The second-order valence-electron chi connectivity index (χ2n) is 4.66. The average Bonchev–Trinajstić information content (AvgIpc) is 2.81. The average molecular weight is 249 g/mol. The lowest BCUT2D eigenvalue weighted by Gasteiger charge is -2.21. The van der Waals surface area contributed by atoms with Gasteiger partial charge in [0.15, 0.2) is 0 Å². The van der Waals surface area contributed by atoms with Gasteiger partial charge in [-0.3, -0.25) is 0 Å². The van der Waals surface area contributed by atoms with Crippen LogP contribution in [0.5, 0.6) is 0 Å². The zero-order chi connectivity index (χ0) is 12.5. The summed E-state index contributed by atoms with van der Waals surface area (Å²) >= 11 is 0. The summed E-state index contributed by atoms with van der Waals surface area (Å²) in [6, 6.07) is 0.174. The van der Waals surface area contributed by atoms with E-state index in [9.17, 15) is 13.6 Å². The Morgan fingerprint density at radius 1 is 1.53 bits per heavy atom. The minimum atomic E-state index is -3.32. The van der Waals surface area contributed by atoms with Crippen molar-refractivity contribution in [3.8, 4) is 0 Å². The first-order valence-electron chi connectivity index (χ1n) is 5.88. The second-order valence-corrected chi connectivity index (χ2v) is 4.66. The summed E-state index contributed by atoms with van der Waals surface area (Å²) in [4.78, 5) is 10.8. The zero-order valence-corrected chi connectivity index (χ0v) is 9.75. The molecule has 0 spiro atoms. The van der Waals surface area contributed by atoms with Gasteiger partial charge in [-0.05, 0) is 19.3 Å². The van der Waals surface area contributed by atoms with E-state index in [-0.39, 0.29) is 18.7 Å². The first-order chi connectivity index (χ1) is 8.03. The lowest BCUT2D eigenvalue weighted by molar-refractivity contribution is -0.159. The third kappa shape index (κ3) is 2.74. The minimum Gasteiger partial charge on any atom is -0.456 e. The highest BCUT2D eigenvalue weighted by Gasteiger charge is 2.50. The monoisotopic (exact) mass is 249 g/mol. The molecular formula is C11H17F2NO3. The predicted molar refractivity (Wildman–Crippen MR) is 55.9 cm³/mol. The van der Waals surface area contributed by atoms with E-state index in [2.05, 4.69) is 10.1 Å². The standard InChI is InChI=1S/C11H17F2NO3/c1-16-9-4-2-3-8(9)14-6-7-5-11(12,13)10(15)17-7/h7-9,14H,2-6H2,1H3. The molecule has 0 amide bonds. The Bertz CT molecular complexity index is 298. The molecule has 2 rings (SSSR count). The topological polar surface area (TPSA) is 47.6 Å². The lowest BCUT2D eigenvalue weighted by atomic mass is 10.1. The normalized spacial score (nSPS) is 36.2. The quantitative estimate of drug-likeness (QED) is 0.758. The highest BCUT2D eigenvalue weighted by atomic mass is 19.3. The van der Waals surface area contributed by atoms with E-state index >= 15 is 0 Å². The number of methoxy groups -OCH3 is 1. The van der Waals surface area contributed by atoms with Crippen LogP contribution in [0, 0.1) is 0 Å². The van der Waals surface area contributed by atoms with Crippen LogP contribution in [-0.4, -0.2) is 43.8 Å². The Balaban J connectivity index is 1.78. The number of halogens is 2. The predicted octanol–water partition coefficient (Wildman–Crippen LogP) is 1.09. The number of carbonyl (C=O) groups is 1. The van der Waals surface area contributed by atoms with Gasteiger partial charge in [0.25, 0.3) is 0 Å². The van der Waals surface area contributed by atoms with Crippen molar-refractivity contribution in [1.82, 2.24) is 5.32 Å². The Hall–Kier alpha value is -0.750. The number of cyclic esters (lactones) is 1. The molecule has 0 aromatic rings. The fraction of sp³-hybridized carbons (Fsp3) is 0.909. The zero-order valence-electron chi connectivity index (χ0n) is 9.75. The molecule has 1 saturated carbocycles. The maximum absolute atomic E-state index is 12.9. The van der Waals surface area contributed by atoms with Gasteiger partial charge in [0.2, 0.25) is 0 Å². The van der Waals surface area contributed by atoms with Crippen molar-refractivity contribution >= 4 is 5.97 Å². The van der Waals surface area contributed by atoms with Gasteiger partial charge in [0.05, 0.1) is 12.5 Å². The van der Waals surface area contributed by atoms with Crippen LogP contribution in [0.1, 0.15) is 25.7 Å². The van der Waals surface area contributed by atoms with Gasteiger partial charge in [-0.1, -0.05) is 0 Å². The van der Waals surface area contributed by atoms with Gasteiger partial charge in [0, 0.05) is 19.7 Å². The van der Waals surface area contributed by atoms with E-state index in [1.54, 1.807) is 7.11 Å². The first-order valence-corrected chi connectivity index (χ1v) is 5.88. The fourth-order valence-corrected chi connectivity index (χ4v) is 2.49. The highest BCUT2D eigenvalue weighted by Crippen LogP contribution is 2.31. The Kier molecular flexibility index (Phi) is 3.63. The molecule has 6 heteroatoms. The summed E-state index contributed by atoms with van der Waals surface area (Å²) in [5.74, 6) is -4.72. The molecule has 1 aliphatic carbocycles. The smallest absolute Gasteiger partial charge is 0.377 e. The number of rotatable bonds is 4. The summed E-state index contributed by atoms with van der Waals surface area (Å²) in [5, 5.41) is 3.15. The molecule has 98 valence electrons. The maximum Gasteiger partial charge on any atom is 0.377 e. The van der Waals surface area contributed by atoms with Gasteiger partial charge in [-0.2, -0.15) is 8.78 Å². The summed E-state index contributed by atoms with van der Waals surface area (Å²) in [5.41, 5.74) is 0. The molecule has 1 heterocycles. The van der Waals surface area contributed by atoms with Crippen LogP contribution in [0.15, 0.2) is 0 Å². The Morgan fingerprint density at radius 3 is 2.88 bits per heavy atom. The molecule has 2 aliphatic rings. The van der Waals surface area contributed by atoms with Gasteiger partial charge >= 0.3 is 11.9 Å². The summed E-state index contributed by atoms with van der Waals surface area (Å²) in [7, 11) is 1.65. The van der Waals surface area contributed by atoms with Crippen LogP contribution in [0.4, 0.5) is 8.78 Å². The van der Waals surface area contributed by atoms with Crippen molar-refractivity contribution in [2.45, 2.75) is 49.9 Å². The molecule has 3 unspecified atom stereocenters. The van der Waals surface area contributed by atoms with Crippen LogP contribution in [0.2, 0.25) is 0 Å². The van der Waals surface area contributed by atoms with Crippen molar-refractivity contribution in [2.24, 2.45) is 0 Å². The summed E-state index contributed by atoms with van der Waals surface area (Å²) < 4.78 is 35.7. The summed E-state index contributed by atoms with van der Waals surface area (Å²) in [6.07, 6.45) is 1.90. The third-order valence-corrected chi connectivity index (χ3v) is 3.42. The van der Waals surface area contributed by atoms with Gasteiger partial charge < -0.3 is 14.8 Å². The number of hydrogen-bond acceptors (Lipinski definition) is 4. The number of hydrogen-bond donors (Lipinski definition) is 1. The molecule has 4 nitrogen and oxygen atoms in total. The molecule has 17 heavy (non-hydrogen) atoms. The molecule has 1 N–H and O–H groups in total. The molecule has 0 bridgehead atoms. The molecule has 0 aromatic heterocycles. The van der Waals surface area contributed by atoms with Crippen molar-refractivity contribution in [3.05, 3.63) is 0 Å². The largest absolute Gasteiger partial charge is 0.456 e. The molecule has 3 atom stereocenters. The van der Waals surface area contributed by atoms with Crippen molar-refractivity contribution in [3.63, 3.8) is 0 Å². The van der Waals surface area contributed by atoms with E-state index < -0.39 is 24.4 Å². The fourth-order valence-electron chi connectivity index (χ4n) is 2.49. The van der Waals surface area contributed by atoms with Crippen molar-refractivity contribution in [1.29, 1.82) is 0 Å². The highest BCUT2D eigenvalue weighted by molar-refractivity contribution is 5.79. The molecular weight excluding hydrogens is 232 g/mol. The molecule has 2 fully saturated rings. The van der Waals surface area contributed by atoms with Crippen LogP contribution in [0.25, 0.3) is 0 Å². The van der Waals surface area contributed by atoms with Crippen LogP contribution < -0.4 is 5.32 Å². The van der Waals surface area contributed by atoms with E-state index in [1.807, 2.05) is 0 Å². The first kappa shape index (κ1) is 12.7. The molecule has 1 aliphatic heterocycles. The van der Waals surface area contributed by atoms with Crippen LogP contribution in [0.3, 0.4) is 0 Å². The van der Waals surface area contributed by atoms with Gasteiger partial charge in [-0.15, -0.1) is 0 Å². The maximum atomic E-state index is 12.9. The number of ether oxygens (including phenoxy) is 2. The number of esters is 1. The Labute approximate surface area is 98.6 Å². The Morgan fingerprint density at radius 2 is 2.29 bits per heavy atom. The third-order valence-electron chi connectivity index (χ3n) is 3.42. The van der Waals surface area contributed by atoms with Gasteiger partial charge in [0.1, 0.15) is 6.10 Å². The van der Waals surface area contributed by atoms with E-state index in [4.69, 9.17) is 4.74 Å². The summed E-state index contributed by atoms with van der Waals surface area (Å²) in [6.45, 7) is 0.270. The van der Waals surface area contributed by atoms with Crippen LogP contribution in [-0.2, 0) is 14.3 Å². The molecule has 0 radical (unpaired) electrons. The van der Waals surface area contributed by atoms with E-state index in [0.717, 1.165) is 19.3 Å². The van der Waals surface area contributed by atoms with Crippen LogP contribution >= 0.6 is 0 Å².